The zero-order chi connectivity index (χ0) is 20.3. The number of pyridine rings is 1. The lowest BCUT2D eigenvalue weighted by molar-refractivity contribution is -0.148. The van der Waals surface area contributed by atoms with Gasteiger partial charge in [-0.3, -0.25) is 14.5 Å². The Hall–Kier alpha value is -2.98. The summed E-state index contributed by atoms with van der Waals surface area (Å²) in [5.74, 6) is -1.06. The average molecular weight is 423 g/mol. The van der Waals surface area contributed by atoms with Gasteiger partial charge in [0, 0.05) is 11.8 Å². The molecular formula is C17H15ClN4O5S. The van der Waals surface area contributed by atoms with Crippen LogP contribution in [0.5, 0.6) is 0 Å². The van der Waals surface area contributed by atoms with Gasteiger partial charge in [0.2, 0.25) is 0 Å². The van der Waals surface area contributed by atoms with Gasteiger partial charge in [0.1, 0.15) is 17.7 Å². The highest BCUT2D eigenvalue weighted by Crippen LogP contribution is 2.22. The van der Waals surface area contributed by atoms with E-state index < -0.39 is 34.5 Å². The van der Waals surface area contributed by atoms with Gasteiger partial charge < -0.3 is 10.1 Å². The van der Waals surface area contributed by atoms with Gasteiger partial charge in [0.15, 0.2) is 6.61 Å². The molecule has 0 radical (unpaired) electrons. The fourth-order valence-electron chi connectivity index (χ4n) is 2.36. The maximum absolute atomic E-state index is 12.1. The van der Waals surface area contributed by atoms with Crippen LogP contribution >= 0.6 is 11.6 Å². The summed E-state index contributed by atoms with van der Waals surface area (Å²) in [6.07, 6.45) is 1.36. The molecule has 1 aliphatic rings. The van der Waals surface area contributed by atoms with Gasteiger partial charge in [-0.1, -0.05) is 23.7 Å². The number of benzene rings is 1. The van der Waals surface area contributed by atoms with Crippen molar-refractivity contribution >= 4 is 45.2 Å². The highest BCUT2D eigenvalue weighted by molar-refractivity contribution is 7.90. The SMILES string of the molecule is C[C@H](N=C1NS(=O)(=O)c2ccccc21)C(=O)OCC(=O)Nc1ccc(Cl)cn1. The van der Waals surface area contributed by atoms with Crippen LogP contribution in [0, 0.1) is 0 Å². The van der Waals surface area contributed by atoms with Crippen molar-refractivity contribution in [2.45, 2.75) is 17.9 Å². The molecule has 1 aromatic heterocycles. The van der Waals surface area contributed by atoms with E-state index in [0.29, 0.717) is 10.6 Å². The summed E-state index contributed by atoms with van der Waals surface area (Å²) in [5.41, 5.74) is 0.369. The Morgan fingerprint density at radius 2 is 2.04 bits per heavy atom. The molecule has 0 fully saturated rings. The highest BCUT2D eigenvalue weighted by Gasteiger charge is 2.31. The quantitative estimate of drug-likeness (QED) is 0.700. The average Bonchev–Trinajstić information content (AvgIpc) is 2.92. The molecule has 1 amide bonds. The van der Waals surface area contributed by atoms with Gasteiger partial charge in [-0.25, -0.2) is 18.2 Å². The van der Waals surface area contributed by atoms with Crippen LogP contribution in [0.3, 0.4) is 0 Å². The molecule has 0 saturated heterocycles. The Kier molecular flexibility index (Phi) is 5.61. The third kappa shape index (κ3) is 4.46. The molecule has 28 heavy (non-hydrogen) atoms. The van der Waals surface area contributed by atoms with E-state index in [-0.39, 0.29) is 16.5 Å². The molecule has 2 heterocycles. The van der Waals surface area contributed by atoms with Gasteiger partial charge in [0.05, 0.1) is 9.92 Å². The molecule has 3 rings (SSSR count). The van der Waals surface area contributed by atoms with Crippen LogP contribution in [-0.2, 0) is 24.3 Å². The molecule has 0 saturated carbocycles. The van der Waals surface area contributed by atoms with Gasteiger partial charge >= 0.3 is 5.97 Å². The van der Waals surface area contributed by atoms with E-state index in [4.69, 9.17) is 16.3 Å². The number of halogens is 1. The number of carbonyl (C=O) groups excluding carboxylic acids is 2. The van der Waals surface area contributed by atoms with Crippen molar-refractivity contribution < 1.29 is 22.7 Å². The Morgan fingerprint density at radius 3 is 2.75 bits per heavy atom. The van der Waals surface area contributed by atoms with E-state index in [1.807, 2.05) is 0 Å². The number of nitrogens with one attached hydrogen (secondary N) is 2. The third-order valence-electron chi connectivity index (χ3n) is 3.67. The lowest BCUT2D eigenvalue weighted by Gasteiger charge is -2.09. The number of ether oxygens (including phenoxy) is 1. The lowest BCUT2D eigenvalue weighted by atomic mass is 10.2. The van der Waals surface area contributed by atoms with E-state index >= 15 is 0 Å². The number of rotatable bonds is 5. The lowest BCUT2D eigenvalue weighted by Crippen LogP contribution is -2.29. The van der Waals surface area contributed by atoms with Crippen LogP contribution in [0.1, 0.15) is 12.5 Å². The molecule has 0 spiro atoms. The summed E-state index contributed by atoms with van der Waals surface area (Å²) in [6.45, 7) is 0.893. The molecule has 2 N–H and O–H groups in total. The number of hydrogen-bond acceptors (Lipinski definition) is 7. The Labute approximate surface area is 165 Å². The van der Waals surface area contributed by atoms with E-state index in [1.165, 1.54) is 25.3 Å². The predicted molar refractivity (Wildman–Crippen MR) is 102 cm³/mol. The second kappa shape index (κ2) is 7.95. The monoisotopic (exact) mass is 422 g/mol. The molecule has 1 aliphatic heterocycles. The Bertz CT molecular complexity index is 1050. The minimum atomic E-state index is -3.70. The van der Waals surface area contributed by atoms with Crippen LogP contribution in [-0.4, -0.2) is 43.8 Å². The molecule has 1 atom stereocenters. The number of esters is 1. The van der Waals surface area contributed by atoms with Gasteiger partial charge in [-0.2, -0.15) is 0 Å². The standard InChI is InChI=1S/C17H15ClN4O5S/c1-10(20-16-12-4-2-3-5-13(12)28(25,26)22-16)17(24)27-9-15(23)21-14-7-6-11(18)8-19-14/h2-8,10H,9H2,1H3,(H,20,22)(H,19,21,23)/t10-/m0/s1. The van der Waals surface area contributed by atoms with E-state index in [2.05, 4.69) is 20.0 Å². The number of hydrogen-bond donors (Lipinski definition) is 2. The van der Waals surface area contributed by atoms with Gasteiger partial charge in [-0.05, 0) is 31.2 Å². The molecule has 9 nitrogen and oxygen atoms in total. The van der Waals surface area contributed by atoms with Crippen LogP contribution in [0.2, 0.25) is 5.02 Å². The molecule has 146 valence electrons. The molecular weight excluding hydrogens is 408 g/mol. The van der Waals surface area contributed by atoms with Crippen LogP contribution < -0.4 is 10.0 Å². The zero-order valence-corrected chi connectivity index (χ0v) is 16.1. The van der Waals surface area contributed by atoms with E-state index in [9.17, 15) is 18.0 Å². The number of anilines is 1. The van der Waals surface area contributed by atoms with Crippen LogP contribution in [0.4, 0.5) is 5.82 Å². The summed E-state index contributed by atoms with van der Waals surface area (Å²) in [6, 6.07) is 8.30. The Balaban J connectivity index is 1.60. The van der Waals surface area contributed by atoms with Gasteiger partial charge in [0.25, 0.3) is 15.9 Å². The summed E-state index contributed by atoms with van der Waals surface area (Å²) in [5, 5.41) is 2.86. The molecule has 1 aromatic carbocycles. The van der Waals surface area contributed by atoms with Crippen LogP contribution in [0.15, 0.2) is 52.5 Å². The van der Waals surface area contributed by atoms with E-state index in [1.54, 1.807) is 24.3 Å². The topological polar surface area (TPSA) is 127 Å². The highest BCUT2D eigenvalue weighted by atomic mass is 35.5. The second-order valence-electron chi connectivity index (χ2n) is 5.77. The fourth-order valence-corrected chi connectivity index (χ4v) is 3.71. The van der Waals surface area contributed by atoms with Crippen LogP contribution in [0.25, 0.3) is 0 Å². The first-order valence-electron chi connectivity index (χ1n) is 8.04. The largest absolute Gasteiger partial charge is 0.454 e. The minimum Gasteiger partial charge on any atom is -0.454 e. The first kappa shape index (κ1) is 19.8. The van der Waals surface area contributed by atoms with Crippen molar-refractivity contribution in [1.82, 2.24) is 9.71 Å². The molecule has 0 bridgehead atoms. The summed E-state index contributed by atoms with van der Waals surface area (Å²) >= 11 is 5.71. The van der Waals surface area contributed by atoms with Crippen molar-refractivity contribution in [3.63, 3.8) is 0 Å². The predicted octanol–water partition coefficient (Wildman–Crippen LogP) is 1.34. The third-order valence-corrected chi connectivity index (χ3v) is 5.29. The summed E-state index contributed by atoms with van der Waals surface area (Å²) in [7, 11) is -3.70. The van der Waals surface area contributed by atoms with Crippen molar-refractivity contribution in [3.05, 3.63) is 53.2 Å². The number of fused-ring (bicyclic) bond motifs is 1. The second-order valence-corrected chi connectivity index (χ2v) is 7.86. The van der Waals surface area contributed by atoms with Crippen molar-refractivity contribution in [2.24, 2.45) is 4.99 Å². The normalized spacial score (nSPS) is 16.7. The van der Waals surface area contributed by atoms with E-state index in [0.717, 1.165) is 0 Å². The number of carbonyl (C=O) groups is 2. The number of amidine groups is 1. The molecule has 2 aromatic rings. The number of aliphatic imine (C=N–C) groups is 1. The number of nitrogens with zero attached hydrogens (tertiary/aromatic N) is 2. The maximum atomic E-state index is 12.1. The summed E-state index contributed by atoms with van der Waals surface area (Å²) < 4.78 is 31.3. The minimum absolute atomic E-state index is 0.0508. The Morgan fingerprint density at radius 1 is 1.29 bits per heavy atom. The first-order valence-corrected chi connectivity index (χ1v) is 9.90. The number of amides is 1. The fraction of sp³-hybridized carbons (Fsp3) is 0.176. The molecule has 11 heteroatoms. The zero-order valence-electron chi connectivity index (χ0n) is 14.5. The molecule has 0 unspecified atom stereocenters. The smallest absolute Gasteiger partial charge is 0.331 e. The molecule has 0 aliphatic carbocycles. The summed E-state index contributed by atoms with van der Waals surface area (Å²) in [4.78, 5) is 32.0. The van der Waals surface area contributed by atoms with Crippen molar-refractivity contribution in [3.8, 4) is 0 Å². The maximum Gasteiger partial charge on any atom is 0.331 e. The number of aromatic nitrogens is 1. The van der Waals surface area contributed by atoms with Crippen molar-refractivity contribution in [1.29, 1.82) is 0 Å². The first-order chi connectivity index (χ1) is 13.3. The van der Waals surface area contributed by atoms with Crippen molar-refractivity contribution in [2.75, 3.05) is 11.9 Å². The number of sulfonamides is 1. The van der Waals surface area contributed by atoms with Gasteiger partial charge in [-0.15, -0.1) is 0 Å².